The average molecular weight is 305 g/mol. The van der Waals surface area contributed by atoms with Crippen LogP contribution in [-0.4, -0.2) is 6.03 Å². The van der Waals surface area contributed by atoms with Crippen molar-refractivity contribution >= 4 is 17.4 Å². The molecule has 0 heterocycles. The van der Waals surface area contributed by atoms with E-state index in [-0.39, 0.29) is 17.9 Å². The SMILES string of the molecule is Cc1ccc(CNC(=O)Nc2c(N)cc(F)cc2F)cc1C. The van der Waals surface area contributed by atoms with Gasteiger partial charge in [-0.3, -0.25) is 0 Å². The van der Waals surface area contributed by atoms with E-state index in [1.54, 1.807) is 0 Å². The van der Waals surface area contributed by atoms with E-state index in [4.69, 9.17) is 5.73 Å². The largest absolute Gasteiger partial charge is 0.397 e. The van der Waals surface area contributed by atoms with Gasteiger partial charge in [-0.25, -0.2) is 13.6 Å². The molecule has 0 unspecified atom stereocenters. The number of nitrogens with one attached hydrogen (secondary N) is 2. The zero-order valence-corrected chi connectivity index (χ0v) is 12.3. The van der Waals surface area contributed by atoms with E-state index in [1.807, 2.05) is 32.0 Å². The fraction of sp³-hybridized carbons (Fsp3) is 0.188. The first-order valence-corrected chi connectivity index (χ1v) is 6.72. The lowest BCUT2D eigenvalue weighted by atomic mass is 10.1. The summed E-state index contributed by atoms with van der Waals surface area (Å²) in [6.07, 6.45) is 0. The second kappa shape index (κ2) is 6.43. The molecule has 0 bridgehead atoms. The maximum atomic E-state index is 13.6. The minimum absolute atomic E-state index is 0.168. The van der Waals surface area contributed by atoms with Crippen molar-refractivity contribution in [3.05, 3.63) is 58.7 Å². The van der Waals surface area contributed by atoms with Crippen molar-refractivity contribution in [2.45, 2.75) is 20.4 Å². The van der Waals surface area contributed by atoms with Gasteiger partial charge in [-0.05, 0) is 36.6 Å². The number of carbonyl (C=O) groups excluding carboxylic acids is 1. The van der Waals surface area contributed by atoms with Crippen LogP contribution in [-0.2, 0) is 6.54 Å². The molecular weight excluding hydrogens is 288 g/mol. The van der Waals surface area contributed by atoms with E-state index < -0.39 is 17.7 Å². The topological polar surface area (TPSA) is 67.2 Å². The Balaban J connectivity index is 2.00. The van der Waals surface area contributed by atoms with Crippen LogP contribution in [0.2, 0.25) is 0 Å². The molecule has 0 aliphatic heterocycles. The van der Waals surface area contributed by atoms with Crippen LogP contribution in [0.4, 0.5) is 25.0 Å². The van der Waals surface area contributed by atoms with Gasteiger partial charge in [-0.15, -0.1) is 0 Å². The molecule has 0 aromatic heterocycles. The molecule has 0 radical (unpaired) electrons. The van der Waals surface area contributed by atoms with Crippen molar-refractivity contribution in [2.24, 2.45) is 0 Å². The van der Waals surface area contributed by atoms with Crippen LogP contribution >= 0.6 is 0 Å². The van der Waals surface area contributed by atoms with Gasteiger partial charge in [-0.2, -0.15) is 0 Å². The third-order valence-corrected chi connectivity index (χ3v) is 3.35. The van der Waals surface area contributed by atoms with E-state index in [0.717, 1.165) is 22.8 Å². The summed E-state index contributed by atoms with van der Waals surface area (Å²) >= 11 is 0. The molecule has 0 aliphatic rings. The normalized spacial score (nSPS) is 10.4. The number of benzene rings is 2. The van der Waals surface area contributed by atoms with Crippen LogP contribution in [0.1, 0.15) is 16.7 Å². The van der Waals surface area contributed by atoms with Crippen LogP contribution in [0.5, 0.6) is 0 Å². The molecule has 0 aliphatic carbocycles. The molecule has 0 saturated heterocycles. The summed E-state index contributed by atoms with van der Waals surface area (Å²) in [6.45, 7) is 4.27. The number of amides is 2. The standard InChI is InChI=1S/C16H17F2N3O/c1-9-3-4-11(5-10(9)2)8-20-16(22)21-15-13(18)6-12(17)7-14(15)19/h3-7H,8,19H2,1-2H3,(H2,20,21,22). The molecule has 2 rings (SSSR count). The predicted molar refractivity (Wildman–Crippen MR) is 82.5 cm³/mol. The fourth-order valence-electron chi connectivity index (χ4n) is 1.98. The fourth-order valence-corrected chi connectivity index (χ4v) is 1.98. The number of aryl methyl sites for hydroxylation is 2. The first-order chi connectivity index (χ1) is 10.4. The molecule has 6 heteroatoms. The Hall–Kier alpha value is -2.63. The number of anilines is 2. The summed E-state index contributed by atoms with van der Waals surface area (Å²) < 4.78 is 26.5. The third-order valence-electron chi connectivity index (χ3n) is 3.35. The highest BCUT2D eigenvalue weighted by atomic mass is 19.1. The van der Waals surface area contributed by atoms with Crippen LogP contribution in [0.3, 0.4) is 0 Å². The quantitative estimate of drug-likeness (QED) is 0.760. The van der Waals surface area contributed by atoms with Crippen molar-refractivity contribution in [1.29, 1.82) is 0 Å². The Morgan fingerprint density at radius 2 is 1.86 bits per heavy atom. The number of hydrogen-bond donors (Lipinski definition) is 3. The van der Waals surface area contributed by atoms with Gasteiger partial charge in [0, 0.05) is 12.6 Å². The van der Waals surface area contributed by atoms with Gasteiger partial charge in [0.2, 0.25) is 0 Å². The molecular formula is C16H17F2N3O. The van der Waals surface area contributed by atoms with E-state index in [2.05, 4.69) is 10.6 Å². The van der Waals surface area contributed by atoms with Gasteiger partial charge in [0.25, 0.3) is 0 Å². The van der Waals surface area contributed by atoms with Crippen LogP contribution in [0.25, 0.3) is 0 Å². The Morgan fingerprint density at radius 3 is 2.50 bits per heavy atom. The molecule has 0 atom stereocenters. The molecule has 0 fully saturated rings. The molecule has 4 N–H and O–H groups in total. The lowest BCUT2D eigenvalue weighted by molar-refractivity contribution is 0.251. The van der Waals surface area contributed by atoms with Crippen molar-refractivity contribution in [2.75, 3.05) is 11.1 Å². The Bertz CT molecular complexity index is 694. The smallest absolute Gasteiger partial charge is 0.319 e. The number of hydrogen-bond acceptors (Lipinski definition) is 2. The summed E-state index contributed by atoms with van der Waals surface area (Å²) in [6, 6.07) is 6.81. The first kappa shape index (κ1) is 15.8. The lowest BCUT2D eigenvalue weighted by Gasteiger charge is -2.11. The summed E-state index contributed by atoms with van der Waals surface area (Å²) in [5, 5.41) is 4.88. The lowest BCUT2D eigenvalue weighted by Crippen LogP contribution is -2.29. The van der Waals surface area contributed by atoms with Gasteiger partial charge in [0.15, 0.2) is 5.82 Å². The number of nitrogen functional groups attached to an aromatic ring is 1. The van der Waals surface area contributed by atoms with Crippen LogP contribution in [0.15, 0.2) is 30.3 Å². The van der Waals surface area contributed by atoms with Gasteiger partial charge < -0.3 is 16.4 Å². The summed E-state index contributed by atoms with van der Waals surface area (Å²) in [5.41, 5.74) is 8.29. The van der Waals surface area contributed by atoms with Crippen molar-refractivity contribution < 1.29 is 13.6 Å². The zero-order valence-electron chi connectivity index (χ0n) is 12.3. The Morgan fingerprint density at radius 1 is 1.14 bits per heavy atom. The molecule has 22 heavy (non-hydrogen) atoms. The third kappa shape index (κ3) is 3.72. The predicted octanol–water partition coefficient (Wildman–Crippen LogP) is 3.49. The highest BCUT2D eigenvalue weighted by Gasteiger charge is 2.12. The van der Waals surface area contributed by atoms with Crippen molar-refractivity contribution in [1.82, 2.24) is 5.32 Å². The first-order valence-electron chi connectivity index (χ1n) is 6.72. The minimum atomic E-state index is -0.918. The molecule has 2 amide bonds. The van der Waals surface area contributed by atoms with Gasteiger partial charge in [-0.1, -0.05) is 18.2 Å². The number of nitrogens with two attached hydrogens (primary N) is 1. The van der Waals surface area contributed by atoms with Crippen LogP contribution in [0, 0.1) is 25.5 Å². The molecule has 0 spiro atoms. The summed E-state index contributed by atoms with van der Waals surface area (Å²) in [7, 11) is 0. The summed E-state index contributed by atoms with van der Waals surface area (Å²) in [5.74, 6) is -1.71. The van der Waals surface area contributed by atoms with E-state index in [1.165, 1.54) is 0 Å². The maximum absolute atomic E-state index is 13.6. The molecule has 2 aromatic rings. The van der Waals surface area contributed by atoms with E-state index in [9.17, 15) is 13.6 Å². The second-order valence-electron chi connectivity index (χ2n) is 5.08. The molecule has 116 valence electrons. The highest BCUT2D eigenvalue weighted by molar-refractivity contribution is 5.92. The van der Waals surface area contributed by atoms with Crippen molar-refractivity contribution in [3.63, 3.8) is 0 Å². The number of rotatable bonds is 3. The highest BCUT2D eigenvalue weighted by Crippen LogP contribution is 2.23. The summed E-state index contributed by atoms with van der Waals surface area (Å²) in [4.78, 5) is 11.8. The van der Waals surface area contributed by atoms with Gasteiger partial charge in [0.1, 0.15) is 11.5 Å². The number of carbonyl (C=O) groups is 1. The van der Waals surface area contributed by atoms with Crippen molar-refractivity contribution in [3.8, 4) is 0 Å². The van der Waals surface area contributed by atoms with E-state index in [0.29, 0.717) is 6.07 Å². The maximum Gasteiger partial charge on any atom is 0.319 e. The monoisotopic (exact) mass is 305 g/mol. The Kier molecular flexibility index (Phi) is 4.60. The molecule has 0 saturated carbocycles. The van der Waals surface area contributed by atoms with E-state index >= 15 is 0 Å². The minimum Gasteiger partial charge on any atom is -0.397 e. The number of halogens is 2. The van der Waals surface area contributed by atoms with Gasteiger partial charge >= 0.3 is 6.03 Å². The van der Waals surface area contributed by atoms with Gasteiger partial charge in [0.05, 0.1) is 5.69 Å². The Labute approximate surface area is 127 Å². The average Bonchev–Trinajstić information content (AvgIpc) is 2.44. The number of urea groups is 1. The molecule has 4 nitrogen and oxygen atoms in total. The zero-order chi connectivity index (χ0) is 16.3. The molecule has 2 aromatic carbocycles. The second-order valence-corrected chi connectivity index (χ2v) is 5.08. The van der Waals surface area contributed by atoms with Crippen LogP contribution < -0.4 is 16.4 Å².